The molecule has 3 aromatic heterocycles. The van der Waals surface area contributed by atoms with Crippen LogP contribution >= 0.6 is 0 Å². The Morgan fingerprint density at radius 3 is 2.85 bits per heavy atom. The first-order chi connectivity index (χ1) is 13.4. The number of aromatic nitrogens is 5. The number of nitrogens with zero attached hydrogens (tertiary/aromatic N) is 7. The van der Waals surface area contributed by atoms with E-state index in [-0.39, 0.29) is 0 Å². The molecule has 0 spiro atoms. The molecule has 0 saturated carbocycles. The monoisotopic (exact) mass is 366 g/mol. The van der Waals surface area contributed by atoms with Crippen molar-refractivity contribution >= 4 is 23.1 Å². The minimum atomic E-state index is 0.322. The third kappa shape index (κ3) is 3.25. The second-order valence-corrected chi connectivity index (χ2v) is 6.83. The van der Waals surface area contributed by atoms with Crippen LogP contribution in [0, 0.1) is 0 Å². The van der Waals surface area contributed by atoms with Crippen LogP contribution in [0.3, 0.4) is 0 Å². The van der Waals surface area contributed by atoms with Crippen LogP contribution in [0.5, 0.6) is 0 Å². The van der Waals surface area contributed by atoms with Gasteiger partial charge in [-0.2, -0.15) is 10.1 Å². The zero-order valence-corrected chi connectivity index (χ0v) is 15.0. The van der Waals surface area contributed by atoms with Gasteiger partial charge in [0, 0.05) is 50.8 Å². The molecule has 5 heterocycles. The number of hydrogen-bond donors (Lipinski definition) is 1. The van der Waals surface area contributed by atoms with E-state index in [0.29, 0.717) is 6.04 Å². The van der Waals surface area contributed by atoms with Crippen molar-refractivity contribution < 1.29 is 4.74 Å². The fourth-order valence-electron chi connectivity index (χ4n) is 3.71. The first kappa shape index (κ1) is 16.2. The molecule has 3 aromatic rings. The van der Waals surface area contributed by atoms with Crippen LogP contribution in [0.4, 0.5) is 17.6 Å². The van der Waals surface area contributed by atoms with Crippen LogP contribution in [-0.4, -0.2) is 70.0 Å². The largest absolute Gasteiger partial charge is 0.378 e. The van der Waals surface area contributed by atoms with Crippen molar-refractivity contribution in [1.29, 1.82) is 0 Å². The van der Waals surface area contributed by atoms with E-state index < -0.39 is 0 Å². The van der Waals surface area contributed by atoms with Gasteiger partial charge in [-0.15, -0.1) is 0 Å². The molecule has 1 atom stereocenters. The van der Waals surface area contributed by atoms with Gasteiger partial charge in [0.05, 0.1) is 19.4 Å². The molecular weight excluding hydrogens is 344 g/mol. The molecule has 2 saturated heterocycles. The van der Waals surface area contributed by atoms with E-state index in [9.17, 15) is 0 Å². The van der Waals surface area contributed by atoms with Crippen LogP contribution < -0.4 is 15.1 Å². The zero-order valence-electron chi connectivity index (χ0n) is 15.0. The Morgan fingerprint density at radius 2 is 1.93 bits per heavy atom. The maximum Gasteiger partial charge on any atom is 0.227 e. The number of ether oxygens (including phenoxy) is 1. The smallest absolute Gasteiger partial charge is 0.227 e. The Labute approximate surface area is 157 Å². The van der Waals surface area contributed by atoms with Gasteiger partial charge in [-0.3, -0.25) is 0 Å². The highest BCUT2D eigenvalue weighted by Crippen LogP contribution is 2.24. The van der Waals surface area contributed by atoms with Crippen molar-refractivity contribution in [3.8, 4) is 0 Å². The lowest BCUT2D eigenvalue weighted by atomic mass is 10.2. The van der Waals surface area contributed by atoms with Gasteiger partial charge >= 0.3 is 0 Å². The van der Waals surface area contributed by atoms with Gasteiger partial charge in [0.25, 0.3) is 0 Å². The number of hydrogen-bond acceptors (Lipinski definition) is 8. The fraction of sp³-hybridized carbons (Fsp3) is 0.444. The van der Waals surface area contributed by atoms with Gasteiger partial charge in [0.1, 0.15) is 11.3 Å². The van der Waals surface area contributed by atoms with Crippen LogP contribution in [0.15, 0.2) is 36.9 Å². The molecule has 1 unspecified atom stereocenters. The van der Waals surface area contributed by atoms with Crippen molar-refractivity contribution in [2.45, 2.75) is 12.5 Å². The maximum atomic E-state index is 5.41. The molecular formula is C18H22N8O. The lowest BCUT2D eigenvalue weighted by molar-refractivity contribution is 0.122. The van der Waals surface area contributed by atoms with Crippen molar-refractivity contribution in [3.63, 3.8) is 0 Å². The number of fused-ring (bicyclic) bond motifs is 1. The summed E-state index contributed by atoms with van der Waals surface area (Å²) in [6.07, 6.45) is 8.34. The Balaban J connectivity index is 1.28. The molecule has 9 heteroatoms. The minimum Gasteiger partial charge on any atom is -0.378 e. The van der Waals surface area contributed by atoms with Gasteiger partial charge in [0.15, 0.2) is 5.82 Å². The van der Waals surface area contributed by atoms with Crippen LogP contribution in [-0.2, 0) is 4.74 Å². The molecule has 0 aliphatic carbocycles. The van der Waals surface area contributed by atoms with Crippen LogP contribution in [0.2, 0.25) is 0 Å². The van der Waals surface area contributed by atoms with Crippen molar-refractivity contribution in [2.24, 2.45) is 0 Å². The van der Waals surface area contributed by atoms with Gasteiger partial charge in [-0.05, 0) is 18.6 Å². The molecule has 0 amide bonds. The molecule has 5 rings (SSSR count). The molecule has 0 radical (unpaired) electrons. The SMILES string of the molecule is c1cc(NC2CCN(c3nccn4nccc34)C2)nc(N2CCOCC2)n1. The second-order valence-electron chi connectivity index (χ2n) is 6.83. The third-order valence-corrected chi connectivity index (χ3v) is 5.08. The number of anilines is 3. The molecule has 1 N–H and O–H groups in total. The Bertz CT molecular complexity index is 922. The molecule has 140 valence electrons. The topological polar surface area (TPSA) is 83.7 Å². The summed E-state index contributed by atoms with van der Waals surface area (Å²) >= 11 is 0. The molecule has 2 aliphatic heterocycles. The van der Waals surface area contributed by atoms with E-state index in [1.54, 1.807) is 12.4 Å². The van der Waals surface area contributed by atoms with E-state index >= 15 is 0 Å². The Kier molecular flexibility index (Phi) is 4.21. The number of rotatable bonds is 4. The van der Waals surface area contributed by atoms with Crippen molar-refractivity contribution in [3.05, 3.63) is 36.9 Å². The summed E-state index contributed by atoms with van der Waals surface area (Å²) in [6.45, 7) is 4.96. The predicted molar refractivity (Wildman–Crippen MR) is 102 cm³/mol. The van der Waals surface area contributed by atoms with Gasteiger partial charge in [-0.25, -0.2) is 14.5 Å². The second kappa shape index (κ2) is 6.99. The van der Waals surface area contributed by atoms with Crippen molar-refractivity contribution in [2.75, 3.05) is 54.5 Å². The fourth-order valence-corrected chi connectivity index (χ4v) is 3.71. The first-order valence-corrected chi connectivity index (χ1v) is 9.32. The minimum absolute atomic E-state index is 0.322. The normalized spacial score (nSPS) is 20.4. The van der Waals surface area contributed by atoms with Gasteiger partial charge < -0.3 is 19.9 Å². The molecule has 0 aromatic carbocycles. The summed E-state index contributed by atoms with van der Waals surface area (Å²) in [5.41, 5.74) is 1.04. The van der Waals surface area contributed by atoms with Crippen LogP contribution in [0.25, 0.3) is 5.52 Å². The highest BCUT2D eigenvalue weighted by molar-refractivity contribution is 5.68. The maximum absolute atomic E-state index is 5.41. The number of morpholine rings is 1. The standard InChI is InChI=1S/C18H22N8O/c1-5-21-26-8-6-19-17(15(1)26)25-7-3-14(13-25)22-16-2-4-20-18(23-16)24-9-11-27-12-10-24/h1-2,4-6,8,14H,3,7,9-13H2,(H,20,22,23). The first-order valence-electron chi connectivity index (χ1n) is 9.32. The molecule has 2 fully saturated rings. The quantitative estimate of drug-likeness (QED) is 0.734. The van der Waals surface area contributed by atoms with E-state index in [0.717, 1.165) is 68.9 Å². The Morgan fingerprint density at radius 1 is 1.00 bits per heavy atom. The summed E-state index contributed by atoms with van der Waals surface area (Å²) in [6, 6.07) is 4.26. The van der Waals surface area contributed by atoms with Crippen molar-refractivity contribution in [1.82, 2.24) is 24.6 Å². The lowest BCUT2D eigenvalue weighted by Gasteiger charge is -2.27. The zero-order chi connectivity index (χ0) is 18.1. The highest BCUT2D eigenvalue weighted by atomic mass is 16.5. The number of nitrogens with one attached hydrogen (secondary N) is 1. The summed E-state index contributed by atoms with van der Waals surface area (Å²) in [7, 11) is 0. The van der Waals surface area contributed by atoms with Crippen LogP contribution in [0.1, 0.15) is 6.42 Å². The molecule has 2 aliphatic rings. The lowest BCUT2D eigenvalue weighted by Crippen LogP contribution is -2.37. The van der Waals surface area contributed by atoms with E-state index in [1.807, 2.05) is 29.0 Å². The molecule has 0 bridgehead atoms. The average Bonchev–Trinajstić information content (AvgIpc) is 3.38. The van der Waals surface area contributed by atoms with Gasteiger partial charge in [0.2, 0.25) is 5.95 Å². The van der Waals surface area contributed by atoms with Gasteiger partial charge in [-0.1, -0.05) is 0 Å². The van der Waals surface area contributed by atoms with E-state index in [2.05, 4.69) is 30.2 Å². The summed E-state index contributed by atoms with van der Waals surface area (Å²) in [4.78, 5) is 18.2. The average molecular weight is 366 g/mol. The molecule has 9 nitrogen and oxygen atoms in total. The summed E-state index contributed by atoms with van der Waals surface area (Å²) in [5.74, 6) is 2.62. The highest BCUT2D eigenvalue weighted by Gasteiger charge is 2.25. The third-order valence-electron chi connectivity index (χ3n) is 5.08. The summed E-state index contributed by atoms with van der Waals surface area (Å²) < 4.78 is 7.27. The Hall–Kier alpha value is -2.94. The van der Waals surface area contributed by atoms with E-state index in [1.165, 1.54) is 0 Å². The van der Waals surface area contributed by atoms with E-state index in [4.69, 9.17) is 9.72 Å². The predicted octanol–water partition coefficient (Wildman–Crippen LogP) is 1.05. The molecule has 27 heavy (non-hydrogen) atoms. The summed E-state index contributed by atoms with van der Waals surface area (Å²) in [5, 5.41) is 7.86.